The zero-order chi connectivity index (χ0) is 16.4. The minimum Gasteiger partial charge on any atom is -0.493 e. The van der Waals surface area contributed by atoms with E-state index in [1.807, 2.05) is 24.3 Å². The van der Waals surface area contributed by atoms with Gasteiger partial charge in [0.1, 0.15) is 0 Å². The fourth-order valence-electron chi connectivity index (χ4n) is 3.23. The van der Waals surface area contributed by atoms with Gasteiger partial charge in [-0.1, -0.05) is 36.4 Å². The minimum absolute atomic E-state index is 0.218. The molecule has 1 aliphatic rings. The highest BCUT2D eigenvalue weighted by Gasteiger charge is 2.26. The first-order valence-corrected chi connectivity index (χ1v) is 8.29. The Hall–Kier alpha value is -2.66. The van der Waals surface area contributed by atoms with Crippen molar-refractivity contribution in [2.45, 2.75) is 31.8 Å². The maximum Gasteiger partial charge on any atom is 0.219 e. The summed E-state index contributed by atoms with van der Waals surface area (Å²) in [6.07, 6.45) is 4.40. The molecule has 5 nitrogen and oxygen atoms in total. The Morgan fingerprint density at radius 2 is 1.96 bits per heavy atom. The Kier molecular flexibility index (Phi) is 4.01. The molecular formula is C19H20N4O. The molecular weight excluding hydrogens is 300 g/mol. The van der Waals surface area contributed by atoms with Gasteiger partial charge in [-0.2, -0.15) is 9.78 Å². The monoisotopic (exact) mass is 320 g/mol. The molecule has 2 aromatic heterocycles. The number of benzene rings is 1. The average Bonchev–Trinajstić information content (AvgIpc) is 2.98. The number of aryl methyl sites for hydroxylation is 1. The number of rotatable bonds is 4. The molecule has 1 aliphatic carbocycles. The van der Waals surface area contributed by atoms with Crippen LogP contribution in [0.15, 0.2) is 54.7 Å². The Bertz CT molecular complexity index is 814. The molecule has 0 saturated heterocycles. The maximum atomic E-state index is 10.6. The highest BCUT2D eigenvalue weighted by Crippen LogP contribution is 2.30. The van der Waals surface area contributed by atoms with E-state index in [9.17, 15) is 5.11 Å². The van der Waals surface area contributed by atoms with E-state index in [-0.39, 0.29) is 5.88 Å². The van der Waals surface area contributed by atoms with Gasteiger partial charge in [-0.05, 0) is 37.0 Å². The second-order valence-electron chi connectivity index (χ2n) is 6.15. The molecule has 0 saturated carbocycles. The number of hydrogen-bond acceptors (Lipinski definition) is 4. The third-order valence-corrected chi connectivity index (χ3v) is 4.52. The number of pyridine rings is 1. The summed E-state index contributed by atoms with van der Waals surface area (Å²) in [5.74, 6) is 0.869. The molecule has 0 fully saturated rings. The van der Waals surface area contributed by atoms with Gasteiger partial charge in [-0.3, -0.25) is 0 Å². The molecule has 1 unspecified atom stereocenters. The SMILES string of the molecule is Oc1c2c(nn1-c1ccccn1)CCC(NCc1ccccc1)C2. The molecule has 0 aliphatic heterocycles. The van der Waals surface area contributed by atoms with Crippen LogP contribution in [0.2, 0.25) is 0 Å². The Labute approximate surface area is 141 Å². The van der Waals surface area contributed by atoms with Gasteiger partial charge < -0.3 is 10.4 Å². The number of nitrogens with one attached hydrogen (secondary N) is 1. The number of hydrogen-bond donors (Lipinski definition) is 2. The lowest BCUT2D eigenvalue weighted by atomic mass is 9.93. The van der Waals surface area contributed by atoms with Crippen LogP contribution in [0.4, 0.5) is 0 Å². The van der Waals surface area contributed by atoms with Gasteiger partial charge in [0, 0.05) is 24.3 Å². The van der Waals surface area contributed by atoms with E-state index in [0.29, 0.717) is 11.9 Å². The van der Waals surface area contributed by atoms with Gasteiger partial charge in [0.2, 0.25) is 5.88 Å². The summed E-state index contributed by atoms with van der Waals surface area (Å²) in [6.45, 7) is 0.843. The summed E-state index contributed by atoms with van der Waals surface area (Å²) >= 11 is 0. The van der Waals surface area contributed by atoms with E-state index >= 15 is 0 Å². The lowest BCUT2D eigenvalue weighted by molar-refractivity contribution is 0.412. The predicted octanol–water partition coefficient (Wildman–Crippen LogP) is 2.62. The summed E-state index contributed by atoms with van der Waals surface area (Å²) < 4.78 is 1.55. The molecule has 122 valence electrons. The van der Waals surface area contributed by atoms with Gasteiger partial charge in [-0.15, -0.1) is 0 Å². The van der Waals surface area contributed by atoms with Crippen molar-refractivity contribution in [3.8, 4) is 11.7 Å². The first kappa shape index (κ1) is 14.9. The topological polar surface area (TPSA) is 63.0 Å². The van der Waals surface area contributed by atoms with E-state index < -0.39 is 0 Å². The van der Waals surface area contributed by atoms with Crippen molar-refractivity contribution in [2.75, 3.05) is 0 Å². The summed E-state index contributed by atoms with van der Waals surface area (Å²) in [5, 5.41) is 18.7. The standard InChI is InChI=1S/C19H20N4O/c24-19-16-12-15(21-13-14-6-2-1-3-7-14)9-10-17(16)22-23(19)18-8-4-5-11-20-18/h1-8,11,15,21,24H,9-10,12-13H2. The quantitative estimate of drug-likeness (QED) is 0.776. The number of aromatic nitrogens is 3. The average molecular weight is 320 g/mol. The van der Waals surface area contributed by atoms with Crippen LogP contribution in [0.25, 0.3) is 5.82 Å². The van der Waals surface area contributed by atoms with Crippen molar-refractivity contribution in [2.24, 2.45) is 0 Å². The third-order valence-electron chi connectivity index (χ3n) is 4.52. The molecule has 2 N–H and O–H groups in total. The third kappa shape index (κ3) is 2.90. The summed E-state index contributed by atoms with van der Waals surface area (Å²) in [6, 6.07) is 16.3. The molecule has 0 amide bonds. The van der Waals surface area contributed by atoms with Gasteiger partial charge in [0.25, 0.3) is 0 Å². The molecule has 0 bridgehead atoms. The van der Waals surface area contributed by atoms with E-state index in [0.717, 1.165) is 37.1 Å². The fraction of sp³-hybridized carbons (Fsp3) is 0.263. The second-order valence-corrected chi connectivity index (χ2v) is 6.15. The van der Waals surface area contributed by atoms with Crippen molar-refractivity contribution < 1.29 is 5.11 Å². The molecule has 1 aromatic carbocycles. The van der Waals surface area contributed by atoms with Crippen LogP contribution in [0.5, 0.6) is 5.88 Å². The Balaban J connectivity index is 1.50. The van der Waals surface area contributed by atoms with E-state index in [1.165, 1.54) is 5.56 Å². The number of fused-ring (bicyclic) bond motifs is 1. The first-order chi connectivity index (χ1) is 11.8. The number of aromatic hydroxyl groups is 1. The Morgan fingerprint density at radius 3 is 2.75 bits per heavy atom. The maximum absolute atomic E-state index is 10.6. The molecule has 0 spiro atoms. The minimum atomic E-state index is 0.218. The van der Waals surface area contributed by atoms with Crippen LogP contribution < -0.4 is 5.32 Å². The van der Waals surface area contributed by atoms with Crippen molar-refractivity contribution >= 4 is 0 Å². The van der Waals surface area contributed by atoms with Crippen molar-refractivity contribution in [3.63, 3.8) is 0 Å². The predicted molar refractivity (Wildman–Crippen MR) is 92.1 cm³/mol. The molecule has 5 heteroatoms. The van der Waals surface area contributed by atoms with Crippen molar-refractivity contribution in [1.82, 2.24) is 20.1 Å². The lowest BCUT2D eigenvalue weighted by Gasteiger charge is -2.22. The van der Waals surface area contributed by atoms with Crippen molar-refractivity contribution in [3.05, 3.63) is 71.5 Å². The van der Waals surface area contributed by atoms with Gasteiger partial charge in [0.15, 0.2) is 5.82 Å². The summed E-state index contributed by atoms with van der Waals surface area (Å²) in [7, 11) is 0. The summed E-state index contributed by atoms with van der Waals surface area (Å²) in [4.78, 5) is 4.27. The van der Waals surface area contributed by atoms with E-state index in [1.54, 1.807) is 10.9 Å². The van der Waals surface area contributed by atoms with Gasteiger partial charge >= 0.3 is 0 Å². The normalized spacial score (nSPS) is 16.8. The van der Waals surface area contributed by atoms with Gasteiger partial charge in [0.05, 0.1) is 5.69 Å². The summed E-state index contributed by atoms with van der Waals surface area (Å²) in [5.41, 5.74) is 3.20. The molecule has 1 atom stereocenters. The van der Waals surface area contributed by atoms with Crippen LogP contribution in [-0.2, 0) is 19.4 Å². The largest absolute Gasteiger partial charge is 0.493 e. The molecule has 2 heterocycles. The molecule has 24 heavy (non-hydrogen) atoms. The zero-order valence-corrected chi connectivity index (χ0v) is 13.4. The van der Waals surface area contributed by atoms with Crippen LogP contribution in [-0.4, -0.2) is 25.9 Å². The zero-order valence-electron chi connectivity index (χ0n) is 13.4. The van der Waals surface area contributed by atoms with E-state index in [4.69, 9.17) is 0 Å². The van der Waals surface area contributed by atoms with Crippen LogP contribution in [0, 0.1) is 0 Å². The molecule has 3 aromatic rings. The van der Waals surface area contributed by atoms with Crippen LogP contribution in [0.3, 0.4) is 0 Å². The molecule has 0 radical (unpaired) electrons. The number of nitrogens with zero attached hydrogens (tertiary/aromatic N) is 3. The smallest absolute Gasteiger partial charge is 0.219 e. The highest BCUT2D eigenvalue weighted by atomic mass is 16.3. The second kappa shape index (κ2) is 6.45. The van der Waals surface area contributed by atoms with Crippen LogP contribution in [0.1, 0.15) is 23.2 Å². The highest BCUT2D eigenvalue weighted by molar-refractivity contribution is 5.39. The fourth-order valence-corrected chi connectivity index (χ4v) is 3.23. The molecule has 4 rings (SSSR count). The lowest BCUT2D eigenvalue weighted by Crippen LogP contribution is -2.33. The Morgan fingerprint density at radius 1 is 1.12 bits per heavy atom. The van der Waals surface area contributed by atoms with E-state index in [2.05, 4.69) is 39.7 Å². The first-order valence-electron chi connectivity index (χ1n) is 8.29. The van der Waals surface area contributed by atoms with Gasteiger partial charge in [-0.25, -0.2) is 4.98 Å². The van der Waals surface area contributed by atoms with Crippen LogP contribution >= 0.6 is 0 Å². The van der Waals surface area contributed by atoms with Crippen molar-refractivity contribution in [1.29, 1.82) is 0 Å².